The molecule has 3 aromatic rings. The van der Waals surface area contributed by atoms with Crippen LogP contribution in [0.25, 0.3) is 11.2 Å². The third-order valence-corrected chi connectivity index (χ3v) is 5.74. The largest absolute Gasteiger partial charge is 0.478 e. The average molecular weight is 441 g/mol. The molecule has 1 aliphatic rings. The van der Waals surface area contributed by atoms with E-state index >= 15 is 0 Å². The maximum absolute atomic E-state index is 14.2. The van der Waals surface area contributed by atoms with Crippen LogP contribution >= 0.6 is 11.3 Å². The van der Waals surface area contributed by atoms with Gasteiger partial charge in [0.25, 0.3) is 5.56 Å². The van der Waals surface area contributed by atoms with Crippen molar-refractivity contribution in [1.82, 2.24) is 19.1 Å². The van der Waals surface area contributed by atoms with Gasteiger partial charge in [0, 0.05) is 4.88 Å². The molecule has 4 atom stereocenters. The van der Waals surface area contributed by atoms with E-state index < -0.39 is 48.4 Å². The average Bonchev–Trinajstić information content (AvgIpc) is 3.33. The summed E-state index contributed by atoms with van der Waals surface area (Å²) in [5.41, 5.74) is 3.33. The zero-order valence-corrected chi connectivity index (χ0v) is 15.9. The zero-order valence-electron chi connectivity index (χ0n) is 15.1. The monoisotopic (exact) mass is 441 g/mol. The van der Waals surface area contributed by atoms with Crippen molar-refractivity contribution >= 4 is 34.4 Å². The molecule has 1 fully saturated rings. The summed E-state index contributed by atoms with van der Waals surface area (Å²) in [6.45, 7) is -1.03. The maximum atomic E-state index is 14.2. The molecule has 0 aliphatic carbocycles. The molecule has 1 aliphatic heterocycles. The van der Waals surface area contributed by atoms with Gasteiger partial charge in [0.1, 0.15) is 12.2 Å². The van der Waals surface area contributed by atoms with E-state index in [4.69, 9.17) is 10.5 Å². The van der Waals surface area contributed by atoms with Crippen LogP contribution in [0.15, 0.2) is 21.0 Å². The molecular weight excluding hydrogens is 425 g/mol. The van der Waals surface area contributed by atoms with E-state index in [9.17, 15) is 34.1 Å². The Bertz CT molecular complexity index is 1250. The summed E-state index contributed by atoms with van der Waals surface area (Å²) in [6, 6.07) is 1.36. The minimum absolute atomic E-state index is 0.0473. The molecule has 0 saturated carbocycles. The van der Waals surface area contributed by atoms with E-state index in [1.807, 2.05) is 0 Å². The molecule has 0 radical (unpaired) electrons. The van der Waals surface area contributed by atoms with Gasteiger partial charge < -0.3 is 25.8 Å². The summed E-state index contributed by atoms with van der Waals surface area (Å²) >= 11 is 1.06. The molecule has 30 heavy (non-hydrogen) atoms. The molecule has 4 rings (SSSR count). The number of nitrogens with one attached hydrogen (secondary N) is 1. The van der Waals surface area contributed by atoms with Gasteiger partial charge in [0.15, 0.2) is 23.6 Å². The molecule has 1 saturated heterocycles. The number of carboxylic acids is 1. The SMILES string of the molecule is Nc1nc2c(c(=O)[nH]1)n(Cc1sccc1C(=O)O)c(=O)n2[C@@H]1O[C@H](CO)[C@@H](F)[C@H]1O. The lowest BCUT2D eigenvalue weighted by Crippen LogP contribution is -2.34. The second kappa shape index (κ2) is 7.32. The van der Waals surface area contributed by atoms with Crippen molar-refractivity contribution in [3.63, 3.8) is 0 Å². The Labute approximate surface area is 169 Å². The number of aromatic amines is 1. The van der Waals surface area contributed by atoms with Gasteiger partial charge in [-0.1, -0.05) is 0 Å². The summed E-state index contributed by atoms with van der Waals surface area (Å²) in [6.07, 6.45) is -6.77. The summed E-state index contributed by atoms with van der Waals surface area (Å²) < 4.78 is 21.3. The molecular formula is C16H16FN5O7S. The smallest absolute Gasteiger partial charge is 0.336 e. The Balaban J connectivity index is 1.94. The Morgan fingerprint density at radius 2 is 2.17 bits per heavy atom. The Hall–Kier alpha value is -3.07. The van der Waals surface area contributed by atoms with E-state index in [0.717, 1.165) is 20.5 Å². The van der Waals surface area contributed by atoms with Crippen molar-refractivity contribution in [3.8, 4) is 0 Å². The minimum atomic E-state index is -1.99. The van der Waals surface area contributed by atoms with Crippen LogP contribution < -0.4 is 17.0 Å². The molecule has 14 heteroatoms. The van der Waals surface area contributed by atoms with Gasteiger partial charge in [-0.25, -0.2) is 18.5 Å². The summed E-state index contributed by atoms with van der Waals surface area (Å²) in [4.78, 5) is 43.6. The van der Waals surface area contributed by atoms with Gasteiger partial charge in [-0.05, 0) is 11.4 Å². The maximum Gasteiger partial charge on any atom is 0.336 e. The van der Waals surface area contributed by atoms with Gasteiger partial charge in [0.2, 0.25) is 5.95 Å². The molecule has 3 aromatic heterocycles. The zero-order chi connectivity index (χ0) is 21.7. The minimum Gasteiger partial charge on any atom is -0.478 e. The number of halogens is 1. The lowest BCUT2D eigenvalue weighted by molar-refractivity contribution is -0.0513. The van der Waals surface area contributed by atoms with Crippen molar-refractivity contribution in [2.45, 2.75) is 31.2 Å². The predicted molar refractivity (Wildman–Crippen MR) is 101 cm³/mol. The van der Waals surface area contributed by atoms with Gasteiger partial charge in [0.05, 0.1) is 18.7 Å². The molecule has 6 N–H and O–H groups in total. The molecule has 4 heterocycles. The van der Waals surface area contributed by atoms with E-state index in [-0.39, 0.29) is 34.1 Å². The highest BCUT2D eigenvalue weighted by atomic mass is 32.1. The topological polar surface area (TPSA) is 186 Å². The van der Waals surface area contributed by atoms with Crippen molar-refractivity contribution in [2.75, 3.05) is 12.3 Å². The molecule has 0 bridgehead atoms. The van der Waals surface area contributed by atoms with E-state index in [0.29, 0.717) is 0 Å². The molecule has 0 spiro atoms. The first-order valence-electron chi connectivity index (χ1n) is 8.63. The van der Waals surface area contributed by atoms with Crippen LogP contribution in [-0.2, 0) is 11.3 Å². The first kappa shape index (κ1) is 20.2. The fourth-order valence-corrected chi connectivity index (χ4v) is 4.30. The predicted octanol–water partition coefficient (Wildman–Crippen LogP) is -1.13. The number of aromatic carboxylic acids is 1. The number of ether oxygens (including phenoxy) is 1. The van der Waals surface area contributed by atoms with Gasteiger partial charge in [-0.3, -0.25) is 14.3 Å². The Morgan fingerprint density at radius 3 is 2.80 bits per heavy atom. The third-order valence-electron chi connectivity index (χ3n) is 4.83. The molecule has 0 unspecified atom stereocenters. The van der Waals surface area contributed by atoms with Crippen molar-refractivity contribution in [2.24, 2.45) is 0 Å². The number of nitrogen functional groups attached to an aromatic ring is 1. The highest BCUT2D eigenvalue weighted by Crippen LogP contribution is 2.32. The Kier molecular flexibility index (Phi) is 4.93. The summed E-state index contributed by atoms with van der Waals surface area (Å²) in [5.74, 6) is -1.54. The fourth-order valence-electron chi connectivity index (χ4n) is 3.44. The van der Waals surface area contributed by atoms with E-state index in [1.165, 1.54) is 11.4 Å². The van der Waals surface area contributed by atoms with E-state index in [2.05, 4.69) is 9.97 Å². The number of hydrogen-bond donors (Lipinski definition) is 5. The van der Waals surface area contributed by atoms with Crippen molar-refractivity contribution in [1.29, 1.82) is 0 Å². The van der Waals surface area contributed by atoms with Crippen LogP contribution in [0.1, 0.15) is 21.5 Å². The van der Waals surface area contributed by atoms with Crippen LogP contribution in [0.2, 0.25) is 0 Å². The Morgan fingerprint density at radius 1 is 1.43 bits per heavy atom. The molecule has 12 nitrogen and oxygen atoms in total. The standard InChI is InChI=1S/C16H16FN5O7S/c17-8-6(4-23)29-13(10(8)24)22-11-9(12(25)20-15(18)19-11)21(16(22)28)3-7-5(14(26)27)1-2-30-7/h1-2,6,8,10,13,23-24H,3-4H2,(H,26,27)(H3,18,19,20,25)/t6-,8-,10-,13-/m1/s1. The first-order valence-corrected chi connectivity index (χ1v) is 9.51. The van der Waals surface area contributed by atoms with Crippen LogP contribution in [0.3, 0.4) is 0 Å². The number of nitrogens with two attached hydrogens (primary N) is 1. The van der Waals surface area contributed by atoms with Crippen molar-refractivity contribution < 1.29 is 29.2 Å². The number of rotatable bonds is 5. The number of fused-ring (bicyclic) bond motifs is 1. The molecule has 0 amide bonds. The number of H-pyrrole nitrogens is 1. The number of nitrogens with zero attached hydrogens (tertiary/aromatic N) is 3. The van der Waals surface area contributed by atoms with Crippen LogP contribution in [-0.4, -0.2) is 65.4 Å². The van der Waals surface area contributed by atoms with Gasteiger partial charge >= 0.3 is 11.7 Å². The normalized spacial score (nSPS) is 24.0. The number of anilines is 1. The number of carbonyl (C=O) groups is 1. The first-order chi connectivity index (χ1) is 14.2. The quantitative estimate of drug-likeness (QED) is 0.326. The highest BCUT2D eigenvalue weighted by Gasteiger charge is 2.46. The van der Waals surface area contributed by atoms with Crippen molar-refractivity contribution in [3.05, 3.63) is 42.7 Å². The summed E-state index contributed by atoms with van der Waals surface area (Å²) in [5, 5.41) is 30.3. The number of carboxylic acid groups (broad SMARTS) is 1. The van der Waals surface area contributed by atoms with E-state index in [1.54, 1.807) is 0 Å². The third kappa shape index (κ3) is 3.00. The second-order valence-corrected chi connectivity index (χ2v) is 7.61. The van der Waals surface area contributed by atoms with Crippen LogP contribution in [0.5, 0.6) is 0 Å². The number of hydrogen-bond acceptors (Lipinski definition) is 9. The van der Waals surface area contributed by atoms with Gasteiger partial charge in [-0.15, -0.1) is 11.3 Å². The molecule has 0 aromatic carbocycles. The second-order valence-electron chi connectivity index (χ2n) is 6.61. The number of aliphatic hydroxyl groups is 2. The van der Waals surface area contributed by atoms with Crippen LogP contribution in [0.4, 0.5) is 10.3 Å². The number of thiophene rings is 1. The lowest BCUT2D eigenvalue weighted by atomic mass is 10.1. The van der Waals surface area contributed by atoms with Gasteiger partial charge in [-0.2, -0.15) is 4.98 Å². The fraction of sp³-hybridized carbons (Fsp3) is 0.375. The van der Waals surface area contributed by atoms with Crippen LogP contribution in [0, 0.1) is 0 Å². The number of alkyl halides is 1. The number of imidazole rings is 1. The number of aliphatic hydroxyl groups excluding tert-OH is 2. The highest BCUT2D eigenvalue weighted by molar-refractivity contribution is 7.10. The molecule has 160 valence electrons. The number of aromatic nitrogens is 4. The lowest BCUT2D eigenvalue weighted by Gasteiger charge is -2.15. The summed E-state index contributed by atoms with van der Waals surface area (Å²) in [7, 11) is 0.